The van der Waals surface area contributed by atoms with Gasteiger partial charge in [-0.15, -0.1) is 0 Å². The van der Waals surface area contributed by atoms with Gasteiger partial charge in [0.05, 0.1) is 11.6 Å². The molecule has 1 saturated heterocycles. The quantitative estimate of drug-likeness (QED) is 0.383. The van der Waals surface area contributed by atoms with E-state index in [1.807, 2.05) is 42.5 Å². The Morgan fingerprint density at radius 3 is 2.46 bits per heavy atom. The van der Waals surface area contributed by atoms with E-state index in [0.717, 1.165) is 24.0 Å². The third-order valence-corrected chi connectivity index (χ3v) is 7.28. The highest BCUT2D eigenvalue weighted by Crippen LogP contribution is 2.32. The molecule has 37 heavy (non-hydrogen) atoms. The van der Waals surface area contributed by atoms with Crippen molar-refractivity contribution >= 4 is 35.7 Å². The number of hydrogen-bond donors (Lipinski definition) is 3. The molecular formula is C27H36ClN5O4. The number of nitrogens with one attached hydrogen (secondary N) is 1. The number of ether oxygens (including phenoxy) is 1. The van der Waals surface area contributed by atoms with Crippen molar-refractivity contribution in [1.82, 2.24) is 9.80 Å². The summed E-state index contributed by atoms with van der Waals surface area (Å²) in [6.07, 6.45) is 2.26. The predicted octanol–water partition coefficient (Wildman–Crippen LogP) is 3.15. The van der Waals surface area contributed by atoms with Crippen LogP contribution in [0.5, 0.6) is 0 Å². The summed E-state index contributed by atoms with van der Waals surface area (Å²) in [4.78, 5) is 41.0. The minimum absolute atomic E-state index is 0.0358. The van der Waals surface area contributed by atoms with Crippen molar-refractivity contribution in [3.63, 3.8) is 0 Å². The van der Waals surface area contributed by atoms with Crippen LogP contribution in [0.1, 0.15) is 37.3 Å². The number of anilines is 1. The second-order valence-corrected chi connectivity index (χ2v) is 9.72. The zero-order chi connectivity index (χ0) is 26.8. The van der Waals surface area contributed by atoms with Gasteiger partial charge in [0.25, 0.3) is 0 Å². The van der Waals surface area contributed by atoms with E-state index in [-0.39, 0.29) is 19.1 Å². The maximum Gasteiger partial charge on any atom is 0.411 e. The van der Waals surface area contributed by atoms with E-state index >= 15 is 0 Å². The lowest BCUT2D eigenvalue weighted by molar-refractivity contribution is -0.139. The topological polar surface area (TPSA) is 131 Å². The van der Waals surface area contributed by atoms with Crippen LogP contribution in [0.2, 0.25) is 5.02 Å². The summed E-state index contributed by atoms with van der Waals surface area (Å²) in [5, 5.41) is 3.28. The van der Waals surface area contributed by atoms with Gasteiger partial charge in [-0.05, 0) is 61.6 Å². The third-order valence-electron chi connectivity index (χ3n) is 6.92. The summed E-state index contributed by atoms with van der Waals surface area (Å²) in [5.41, 5.74) is 13.3. The molecule has 0 aliphatic carbocycles. The van der Waals surface area contributed by atoms with Gasteiger partial charge < -0.3 is 26.0 Å². The van der Waals surface area contributed by atoms with Crippen molar-refractivity contribution < 1.29 is 19.1 Å². The smallest absolute Gasteiger partial charge is 0.411 e. The van der Waals surface area contributed by atoms with Crippen LogP contribution in [-0.2, 0) is 27.3 Å². The lowest BCUT2D eigenvalue weighted by Gasteiger charge is -2.47. The molecule has 1 heterocycles. The number of benzene rings is 2. The molecule has 200 valence electrons. The Bertz CT molecular complexity index is 1060. The molecule has 1 fully saturated rings. The number of aryl methyl sites for hydroxylation is 1. The lowest BCUT2D eigenvalue weighted by atomic mass is 9.85. The second-order valence-electron chi connectivity index (χ2n) is 9.31. The lowest BCUT2D eigenvalue weighted by Crippen LogP contribution is -2.59. The van der Waals surface area contributed by atoms with Crippen LogP contribution in [-0.4, -0.2) is 66.0 Å². The maximum absolute atomic E-state index is 12.7. The fourth-order valence-corrected chi connectivity index (χ4v) is 4.70. The van der Waals surface area contributed by atoms with Gasteiger partial charge in [0, 0.05) is 30.3 Å². The van der Waals surface area contributed by atoms with Crippen molar-refractivity contribution in [2.45, 2.75) is 50.7 Å². The van der Waals surface area contributed by atoms with Crippen molar-refractivity contribution in [3.8, 4) is 0 Å². The Morgan fingerprint density at radius 1 is 1.19 bits per heavy atom. The van der Waals surface area contributed by atoms with Gasteiger partial charge in [-0.1, -0.05) is 48.9 Å². The molecule has 0 aromatic heterocycles. The van der Waals surface area contributed by atoms with Gasteiger partial charge in [0.15, 0.2) is 0 Å². The zero-order valence-electron chi connectivity index (χ0n) is 21.2. The van der Waals surface area contributed by atoms with Crippen molar-refractivity contribution in [3.05, 3.63) is 64.7 Å². The van der Waals surface area contributed by atoms with Crippen molar-refractivity contribution in [2.75, 3.05) is 31.6 Å². The Kier molecular flexibility index (Phi) is 10.3. The van der Waals surface area contributed by atoms with E-state index in [9.17, 15) is 14.4 Å². The predicted molar refractivity (Wildman–Crippen MR) is 144 cm³/mol. The molecule has 3 rings (SSSR count). The highest BCUT2D eigenvalue weighted by Gasteiger charge is 2.42. The number of amides is 3. The van der Waals surface area contributed by atoms with Gasteiger partial charge >= 0.3 is 6.09 Å². The molecule has 5 N–H and O–H groups in total. The standard InChI is InChI=1S/C27H36ClN5O4/c1-2-20-7-9-22(10-8-20)31-26(36)37-18-27(33(19-34)17-21-5-3-4-6-23(21)28)12-15-32(16-13-27)25(35)24(30)11-14-29/h3-10,19,24H,2,11-18,29-30H2,1H3,(H,31,36). The summed E-state index contributed by atoms with van der Waals surface area (Å²) in [5.74, 6) is -0.169. The van der Waals surface area contributed by atoms with Crippen molar-refractivity contribution in [2.24, 2.45) is 11.5 Å². The first-order chi connectivity index (χ1) is 17.8. The molecule has 9 nitrogen and oxygen atoms in total. The largest absolute Gasteiger partial charge is 0.447 e. The molecule has 2 aromatic rings. The number of rotatable bonds is 11. The first kappa shape index (κ1) is 28.4. The molecule has 3 amide bonds. The highest BCUT2D eigenvalue weighted by atomic mass is 35.5. The molecule has 0 radical (unpaired) electrons. The van der Waals surface area contributed by atoms with E-state index in [1.165, 1.54) is 0 Å². The molecule has 0 saturated carbocycles. The number of carbonyl (C=O) groups is 3. The minimum atomic E-state index is -0.820. The van der Waals surface area contributed by atoms with Crippen LogP contribution in [0.25, 0.3) is 0 Å². The number of halogens is 1. The van der Waals surface area contributed by atoms with Gasteiger partial charge in [-0.25, -0.2) is 4.79 Å². The first-order valence-electron chi connectivity index (χ1n) is 12.5. The highest BCUT2D eigenvalue weighted by molar-refractivity contribution is 6.31. The fraction of sp³-hybridized carbons (Fsp3) is 0.444. The molecule has 1 atom stereocenters. The zero-order valence-corrected chi connectivity index (χ0v) is 22.0. The third kappa shape index (κ3) is 7.44. The van der Waals surface area contributed by atoms with Crippen LogP contribution < -0.4 is 16.8 Å². The Balaban J connectivity index is 1.74. The van der Waals surface area contributed by atoms with E-state index in [4.69, 9.17) is 27.8 Å². The average Bonchev–Trinajstić information content (AvgIpc) is 2.92. The Labute approximate surface area is 223 Å². The number of nitrogens with two attached hydrogens (primary N) is 2. The number of piperidine rings is 1. The van der Waals surface area contributed by atoms with E-state index in [0.29, 0.717) is 49.6 Å². The monoisotopic (exact) mass is 529 g/mol. The molecule has 0 spiro atoms. The van der Waals surface area contributed by atoms with Gasteiger partial charge in [-0.2, -0.15) is 0 Å². The summed E-state index contributed by atoms with van der Waals surface area (Å²) in [6, 6.07) is 14.1. The molecule has 0 bridgehead atoms. The fourth-order valence-electron chi connectivity index (χ4n) is 4.50. The van der Waals surface area contributed by atoms with Gasteiger partial charge in [-0.3, -0.25) is 14.9 Å². The van der Waals surface area contributed by atoms with E-state index in [2.05, 4.69) is 12.2 Å². The van der Waals surface area contributed by atoms with Crippen LogP contribution in [0.15, 0.2) is 48.5 Å². The Hall–Kier alpha value is -3.14. The second kappa shape index (κ2) is 13.4. The molecule has 10 heteroatoms. The summed E-state index contributed by atoms with van der Waals surface area (Å²) in [7, 11) is 0. The number of carbonyl (C=O) groups excluding carboxylic acids is 3. The molecule has 2 aromatic carbocycles. The normalized spacial score (nSPS) is 15.5. The molecule has 1 aliphatic heterocycles. The van der Waals surface area contributed by atoms with Gasteiger partial charge in [0.1, 0.15) is 6.61 Å². The summed E-state index contributed by atoms with van der Waals surface area (Å²) >= 11 is 6.36. The van der Waals surface area contributed by atoms with E-state index < -0.39 is 17.7 Å². The van der Waals surface area contributed by atoms with Crippen LogP contribution in [0.4, 0.5) is 10.5 Å². The van der Waals surface area contributed by atoms with Crippen LogP contribution in [0, 0.1) is 0 Å². The minimum Gasteiger partial charge on any atom is -0.447 e. The number of hydrogen-bond acceptors (Lipinski definition) is 6. The van der Waals surface area contributed by atoms with E-state index in [1.54, 1.807) is 15.9 Å². The van der Waals surface area contributed by atoms with Gasteiger partial charge in [0.2, 0.25) is 12.3 Å². The first-order valence-corrected chi connectivity index (χ1v) is 12.9. The summed E-state index contributed by atoms with van der Waals surface area (Å²) < 4.78 is 5.65. The number of likely N-dealkylation sites (tertiary alicyclic amines) is 1. The average molecular weight is 530 g/mol. The van der Waals surface area contributed by atoms with Crippen LogP contribution in [0.3, 0.4) is 0 Å². The molecule has 1 aliphatic rings. The molecule has 1 unspecified atom stereocenters. The number of nitrogens with zero attached hydrogens (tertiary/aromatic N) is 2. The SMILES string of the molecule is CCc1ccc(NC(=O)OCC2(N(C=O)Cc3ccccc3Cl)CCN(C(=O)C(N)CCN)CC2)cc1. The summed E-state index contributed by atoms with van der Waals surface area (Å²) in [6.45, 7) is 3.33. The Morgan fingerprint density at radius 2 is 1.86 bits per heavy atom. The molecular weight excluding hydrogens is 494 g/mol. The van der Waals surface area contributed by atoms with Crippen molar-refractivity contribution in [1.29, 1.82) is 0 Å². The van der Waals surface area contributed by atoms with Crippen LogP contribution >= 0.6 is 11.6 Å². The maximum atomic E-state index is 12.7.